The fourth-order valence-corrected chi connectivity index (χ4v) is 2.60. The average molecular weight is 293 g/mol. The molecule has 1 aliphatic rings. The van der Waals surface area contributed by atoms with Gasteiger partial charge in [-0.15, -0.1) is 0 Å². The minimum absolute atomic E-state index is 0.0658. The smallest absolute Gasteiger partial charge is 0.282 e. The number of amides is 1. The molecule has 0 radical (unpaired) electrons. The Morgan fingerprint density at radius 1 is 1.33 bits per heavy atom. The standard InChI is InChI=1S/C14H19N3O4/c1-9-7-16(8-10(2)15(9)3)14(19)12-6-11(18)4-5-13(12)17(20)21/h4-6,9-10,18H,7-8H2,1-3H3. The number of likely N-dealkylation sites (N-methyl/N-ethyl adjacent to an activating group) is 1. The van der Waals surface area contributed by atoms with Crippen molar-refractivity contribution >= 4 is 11.6 Å². The number of hydrogen-bond acceptors (Lipinski definition) is 5. The van der Waals surface area contributed by atoms with Gasteiger partial charge in [0.05, 0.1) is 4.92 Å². The van der Waals surface area contributed by atoms with E-state index in [-0.39, 0.29) is 29.1 Å². The first kappa shape index (κ1) is 15.2. The highest BCUT2D eigenvalue weighted by molar-refractivity contribution is 5.98. The third-order valence-electron chi connectivity index (χ3n) is 4.05. The van der Waals surface area contributed by atoms with Crippen LogP contribution in [0.5, 0.6) is 5.75 Å². The Balaban J connectivity index is 2.32. The molecule has 1 aromatic rings. The van der Waals surface area contributed by atoms with E-state index in [0.717, 1.165) is 12.1 Å². The Labute approximate surface area is 122 Å². The molecule has 0 aliphatic carbocycles. The van der Waals surface area contributed by atoms with Gasteiger partial charge in [-0.25, -0.2) is 0 Å². The normalized spacial score (nSPS) is 23.1. The molecular formula is C14H19N3O4. The predicted molar refractivity (Wildman–Crippen MR) is 77.4 cm³/mol. The summed E-state index contributed by atoms with van der Waals surface area (Å²) in [5.74, 6) is -0.566. The van der Waals surface area contributed by atoms with Gasteiger partial charge in [-0.05, 0) is 33.0 Å². The number of aromatic hydroxyl groups is 1. The Kier molecular flexibility index (Phi) is 4.13. The van der Waals surface area contributed by atoms with Crippen LogP contribution in [0.4, 0.5) is 5.69 Å². The minimum atomic E-state index is -0.602. The lowest BCUT2D eigenvalue weighted by atomic mass is 10.1. The largest absolute Gasteiger partial charge is 0.508 e. The van der Waals surface area contributed by atoms with Crippen LogP contribution >= 0.6 is 0 Å². The van der Waals surface area contributed by atoms with Crippen molar-refractivity contribution in [3.63, 3.8) is 0 Å². The lowest BCUT2D eigenvalue weighted by Crippen LogP contribution is -2.56. The van der Waals surface area contributed by atoms with Gasteiger partial charge in [0.25, 0.3) is 11.6 Å². The van der Waals surface area contributed by atoms with E-state index in [1.165, 1.54) is 6.07 Å². The van der Waals surface area contributed by atoms with E-state index in [4.69, 9.17) is 0 Å². The highest BCUT2D eigenvalue weighted by Crippen LogP contribution is 2.26. The van der Waals surface area contributed by atoms with Crippen LogP contribution < -0.4 is 0 Å². The number of nitro groups is 1. The van der Waals surface area contributed by atoms with Gasteiger partial charge < -0.3 is 10.0 Å². The summed E-state index contributed by atoms with van der Waals surface area (Å²) < 4.78 is 0. The van der Waals surface area contributed by atoms with Crippen LogP contribution in [0.25, 0.3) is 0 Å². The molecule has 0 saturated carbocycles. The third kappa shape index (κ3) is 2.97. The van der Waals surface area contributed by atoms with Crippen LogP contribution in [0.3, 0.4) is 0 Å². The molecule has 1 heterocycles. The summed E-state index contributed by atoms with van der Waals surface area (Å²) in [5, 5.41) is 20.6. The summed E-state index contributed by atoms with van der Waals surface area (Å²) in [7, 11) is 1.99. The van der Waals surface area contributed by atoms with Gasteiger partial charge in [0.2, 0.25) is 0 Å². The summed E-state index contributed by atoms with van der Waals surface area (Å²) in [6.45, 7) is 5.03. The second kappa shape index (κ2) is 5.69. The van der Waals surface area contributed by atoms with Crippen LogP contribution in [0.15, 0.2) is 18.2 Å². The first-order chi connectivity index (χ1) is 9.81. The number of piperazine rings is 1. The SMILES string of the molecule is CC1CN(C(=O)c2cc(O)ccc2[N+](=O)[O-])CC(C)N1C. The molecule has 1 fully saturated rings. The first-order valence-electron chi connectivity index (χ1n) is 6.80. The molecule has 0 aromatic heterocycles. The van der Waals surface area contributed by atoms with Crippen molar-refractivity contribution in [2.75, 3.05) is 20.1 Å². The third-order valence-corrected chi connectivity index (χ3v) is 4.05. The molecule has 1 N–H and O–H groups in total. The number of carbonyl (C=O) groups is 1. The van der Waals surface area contributed by atoms with Gasteiger partial charge in [-0.2, -0.15) is 0 Å². The van der Waals surface area contributed by atoms with Gasteiger partial charge in [-0.3, -0.25) is 19.8 Å². The van der Waals surface area contributed by atoms with Crippen LogP contribution in [-0.4, -0.2) is 58.0 Å². The molecule has 1 amide bonds. The van der Waals surface area contributed by atoms with Crippen molar-refractivity contribution in [3.05, 3.63) is 33.9 Å². The van der Waals surface area contributed by atoms with E-state index < -0.39 is 10.8 Å². The summed E-state index contributed by atoms with van der Waals surface area (Å²) in [5.41, 5.74) is -0.346. The summed E-state index contributed by atoms with van der Waals surface area (Å²) >= 11 is 0. The van der Waals surface area contributed by atoms with E-state index in [1.807, 2.05) is 20.9 Å². The fourth-order valence-electron chi connectivity index (χ4n) is 2.60. The van der Waals surface area contributed by atoms with Gasteiger partial charge >= 0.3 is 0 Å². The maximum atomic E-state index is 12.6. The van der Waals surface area contributed by atoms with E-state index in [2.05, 4.69) is 4.90 Å². The van der Waals surface area contributed by atoms with Crippen molar-refractivity contribution in [1.82, 2.24) is 9.80 Å². The average Bonchev–Trinajstić information content (AvgIpc) is 2.42. The monoisotopic (exact) mass is 293 g/mol. The summed E-state index contributed by atoms with van der Waals surface area (Å²) in [6.07, 6.45) is 0. The zero-order valence-corrected chi connectivity index (χ0v) is 12.3. The molecule has 7 nitrogen and oxygen atoms in total. The van der Waals surface area contributed by atoms with E-state index in [1.54, 1.807) is 4.90 Å². The summed E-state index contributed by atoms with van der Waals surface area (Å²) in [4.78, 5) is 26.8. The van der Waals surface area contributed by atoms with Crippen molar-refractivity contribution in [3.8, 4) is 5.75 Å². The molecule has 1 saturated heterocycles. The molecule has 0 bridgehead atoms. The maximum Gasteiger partial charge on any atom is 0.282 e. The molecule has 114 valence electrons. The first-order valence-corrected chi connectivity index (χ1v) is 6.80. The van der Waals surface area contributed by atoms with E-state index >= 15 is 0 Å². The Morgan fingerprint density at radius 2 is 1.90 bits per heavy atom. The molecule has 0 spiro atoms. The zero-order valence-electron chi connectivity index (χ0n) is 12.3. The van der Waals surface area contributed by atoms with Crippen LogP contribution in [-0.2, 0) is 0 Å². The van der Waals surface area contributed by atoms with Gasteiger partial charge in [-0.1, -0.05) is 0 Å². The highest BCUT2D eigenvalue weighted by atomic mass is 16.6. The highest BCUT2D eigenvalue weighted by Gasteiger charge is 2.32. The number of rotatable bonds is 2. The van der Waals surface area contributed by atoms with E-state index in [9.17, 15) is 20.0 Å². The van der Waals surface area contributed by atoms with Crippen molar-refractivity contribution in [2.45, 2.75) is 25.9 Å². The maximum absolute atomic E-state index is 12.6. The number of nitrogens with zero attached hydrogens (tertiary/aromatic N) is 3. The number of benzene rings is 1. The van der Waals surface area contributed by atoms with Gasteiger partial charge in [0.1, 0.15) is 11.3 Å². The lowest BCUT2D eigenvalue weighted by molar-refractivity contribution is -0.385. The minimum Gasteiger partial charge on any atom is -0.508 e. The molecule has 2 rings (SSSR count). The second-order valence-corrected chi connectivity index (χ2v) is 5.53. The van der Waals surface area contributed by atoms with Crippen LogP contribution in [0.1, 0.15) is 24.2 Å². The van der Waals surface area contributed by atoms with Crippen molar-refractivity contribution in [2.24, 2.45) is 0 Å². The predicted octanol–water partition coefficient (Wildman–Crippen LogP) is 1.47. The number of phenolic OH excluding ortho intramolecular Hbond substituents is 1. The number of hydrogen-bond donors (Lipinski definition) is 1. The number of phenols is 1. The molecule has 1 aliphatic heterocycles. The van der Waals surface area contributed by atoms with E-state index in [0.29, 0.717) is 13.1 Å². The molecule has 21 heavy (non-hydrogen) atoms. The Bertz CT molecular complexity index is 563. The Hall–Kier alpha value is -2.15. The fraction of sp³-hybridized carbons (Fsp3) is 0.500. The molecule has 1 aromatic carbocycles. The number of carbonyl (C=O) groups excluding carboxylic acids is 1. The molecule has 7 heteroatoms. The van der Waals surface area contributed by atoms with Crippen LogP contribution in [0, 0.1) is 10.1 Å². The Morgan fingerprint density at radius 3 is 2.43 bits per heavy atom. The van der Waals surface area contributed by atoms with Gasteiger partial charge in [0, 0.05) is 31.2 Å². The number of nitro benzene ring substituents is 1. The van der Waals surface area contributed by atoms with Crippen molar-refractivity contribution < 1.29 is 14.8 Å². The molecule has 2 unspecified atom stereocenters. The second-order valence-electron chi connectivity index (χ2n) is 5.53. The molecular weight excluding hydrogens is 274 g/mol. The lowest BCUT2D eigenvalue weighted by Gasteiger charge is -2.42. The quantitative estimate of drug-likeness (QED) is 0.659. The van der Waals surface area contributed by atoms with Gasteiger partial charge in [0.15, 0.2) is 0 Å². The summed E-state index contributed by atoms with van der Waals surface area (Å²) in [6, 6.07) is 3.88. The van der Waals surface area contributed by atoms with Crippen molar-refractivity contribution in [1.29, 1.82) is 0 Å². The zero-order chi connectivity index (χ0) is 15.7. The molecule has 2 atom stereocenters. The topological polar surface area (TPSA) is 86.9 Å². The van der Waals surface area contributed by atoms with Crippen LogP contribution in [0.2, 0.25) is 0 Å².